The highest BCUT2D eigenvalue weighted by Gasteiger charge is 2.53. The van der Waals surface area contributed by atoms with Crippen LogP contribution in [-0.2, 0) is 10.3 Å². The summed E-state index contributed by atoms with van der Waals surface area (Å²) in [6.45, 7) is 12.6. The SMILES string of the molecule is CCN(CC(C)C)c1ccc2c(c1)Oc1ccc(Nc3ccc(C)cc3C)cc1C21OC(=O)c2ccccc21. The third-order valence-corrected chi connectivity index (χ3v) is 7.69. The number of benzene rings is 4. The molecule has 5 heteroatoms. The van der Waals surface area contributed by atoms with Crippen LogP contribution in [0, 0.1) is 19.8 Å². The normalized spacial score (nSPS) is 16.8. The van der Waals surface area contributed by atoms with Crippen LogP contribution in [-0.4, -0.2) is 19.1 Å². The van der Waals surface area contributed by atoms with E-state index in [4.69, 9.17) is 9.47 Å². The lowest BCUT2D eigenvalue weighted by molar-refractivity contribution is 0.0224. The van der Waals surface area contributed by atoms with Crippen molar-refractivity contribution in [1.82, 2.24) is 0 Å². The first-order valence-electron chi connectivity index (χ1n) is 13.7. The summed E-state index contributed by atoms with van der Waals surface area (Å²) >= 11 is 0. The lowest BCUT2D eigenvalue weighted by atomic mass is 9.77. The third-order valence-electron chi connectivity index (χ3n) is 7.69. The molecule has 1 N–H and O–H groups in total. The van der Waals surface area contributed by atoms with Crippen molar-refractivity contribution in [3.05, 3.63) is 112 Å². The van der Waals surface area contributed by atoms with E-state index in [0.29, 0.717) is 23.0 Å². The Morgan fingerprint density at radius 1 is 0.872 bits per heavy atom. The summed E-state index contributed by atoms with van der Waals surface area (Å²) in [5.74, 6) is 1.60. The van der Waals surface area contributed by atoms with Crippen LogP contribution in [0.1, 0.15) is 58.9 Å². The fourth-order valence-corrected chi connectivity index (χ4v) is 5.90. The van der Waals surface area contributed by atoms with Gasteiger partial charge in [-0.25, -0.2) is 4.79 Å². The zero-order valence-corrected chi connectivity index (χ0v) is 23.2. The van der Waals surface area contributed by atoms with E-state index in [1.54, 1.807) is 0 Å². The number of nitrogens with zero attached hydrogens (tertiary/aromatic N) is 1. The van der Waals surface area contributed by atoms with Crippen LogP contribution in [0.15, 0.2) is 78.9 Å². The minimum absolute atomic E-state index is 0.323. The average molecular weight is 519 g/mol. The first-order valence-corrected chi connectivity index (χ1v) is 13.7. The Labute approximate surface area is 230 Å². The molecule has 1 unspecified atom stereocenters. The summed E-state index contributed by atoms with van der Waals surface area (Å²) in [4.78, 5) is 15.6. The fraction of sp³-hybridized carbons (Fsp3) is 0.265. The van der Waals surface area contributed by atoms with Gasteiger partial charge in [-0.1, -0.05) is 49.7 Å². The highest BCUT2D eigenvalue weighted by atomic mass is 16.6. The van der Waals surface area contributed by atoms with Gasteiger partial charge in [-0.15, -0.1) is 0 Å². The van der Waals surface area contributed by atoms with Crippen LogP contribution in [0.3, 0.4) is 0 Å². The molecule has 2 aliphatic heterocycles. The van der Waals surface area contributed by atoms with E-state index in [-0.39, 0.29) is 5.97 Å². The highest BCUT2D eigenvalue weighted by molar-refractivity contribution is 5.97. The largest absolute Gasteiger partial charge is 0.456 e. The molecule has 1 spiro atoms. The number of nitrogens with one attached hydrogen (secondary N) is 1. The molecule has 0 saturated heterocycles. The molecule has 1 atom stereocenters. The molecule has 2 aliphatic rings. The number of rotatable bonds is 6. The first-order chi connectivity index (χ1) is 18.8. The molecule has 198 valence electrons. The molecule has 0 amide bonds. The van der Waals surface area contributed by atoms with Crippen molar-refractivity contribution < 1.29 is 14.3 Å². The lowest BCUT2D eigenvalue weighted by Crippen LogP contribution is -2.33. The molecule has 0 fully saturated rings. The Bertz CT molecular complexity index is 1590. The van der Waals surface area contributed by atoms with E-state index >= 15 is 0 Å². The quantitative estimate of drug-likeness (QED) is 0.261. The zero-order chi connectivity index (χ0) is 27.3. The van der Waals surface area contributed by atoms with Crippen LogP contribution in [0.2, 0.25) is 0 Å². The molecule has 0 radical (unpaired) electrons. The lowest BCUT2D eigenvalue weighted by Gasteiger charge is -2.37. The summed E-state index contributed by atoms with van der Waals surface area (Å²) in [7, 11) is 0. The second kappa shape index (κ2) is 9.49. The zero-order valence-electron chi connectivity index (χ0n) is 23.2. The molecule has 0 aromatic heterocycles. The predicted octanol–water partition coefficient (Wildman–Crippen LogP) is 8.10. The average Bonchev–Trinajstić information content (AvgIpc) is 3.22. The fourth-order valence-electron chi connectivity index (χ4n) is 5.90. The number of anilines is 3. The van der Waals surface area contributed by atoms with Gasteiger partial charge in [0.2, 0.25) is 0 Å². The van der Waals surface area contributed by atoms with Gasteiger partial charge in [0.25, 0.3) is 0 Å². The van der Waals surface area contributed by atoms with Crippen LogP contribution in [0.5, 0.6) is 11.5 Å². The molecule has 0 aliphatic carbocycles. The van der Waals surface area contributed by atoms with Crippen LogP contribution in [0.25, 0.3) is 0 Å². The first kappa shape index (κ1) is 25.1. The van der Waals surface area contributed by atoms with Crippen molar-refractivity contribution in [3.63, 3.8) is 0 Å². The van der Waals surface area contributed by atoms with Crippen molar-refractivity contribution in [2.75, 3.05) is 23.3 Å². The predicted molar refractivity (Wildman–Crippen MR) is 157 cm³/mol. The molecule has 0 bridgehead atoms. The van der Waals surface area contributed by atoms with Gasteiger partial charge in [0.05, 0.1) is 5.56 Å². The second-order valence-electron chi connectivity index (χ2n) is 11.0. The van der Waals surface area contributed by atoms with E-state index < -0.39 is 5.60 Å². The molecule has 2 heterocycles. The topological polar surface area (TPSA) is 50.8 Å². The second-order valence-corrected chi connectivity index (χ2v) is 11.0. The van der Waals surface area contributed by atoms with E-state index in [2.05, 4.69) is 87.3 Å². The van der Waals surface area contributed by atoms with Crippen LogP contribution >= 0.6 is 0 Å². The van der Waals surface area contributed by atoms with Gasteiger partial charge in [-0.2, -0.15) is 0 Å². The molecule has 4 aromatic carbocycles. The number of fused-ring (bicyclic) bond motifs is 6. The number of aryl methyl sites for hydroxylation is 2. The van der Waals surface area contributed by atoms with Gasteiger partial charge in [-0.3, -0.25) is 0 Å². The van der Waals surface area contributed by atoms with E-state index in [0.717, 1.165) is 52.4 Å². The summed E-state index contributed by atoms with van der Waals surface area (Å²) in [6, 6.07) is 26.3. The number of carbonyl (C=O) groups excluding carboxylic acids is 1. The number of ether oxygens (including phenoxy) is 2. The maximum Gasteiger partial charge on any atom is 0.340 e. The van der Waals surface area contributed by atoms with E-state index in [9.17, 15) is 4.79 Å². The highest BCUT2D eigenvalue weighted by Crippen LogP contribution is 2.57. The molecule has 5 nitrogen and oxygen atoms in total. The summed E-state index contributed by atoms with van der Waals surface area (Å²) in [5.41, 5.74) is 7.39. The van der Waals surface area contributed by atoms with Crippen molar-refractivity contribution in [1.29, 1.82) is 0 Å². The third kappa shape index (κ3) is 4.13. The Morgan fingerprint density at radius 3 is 2.46 bits per heavy atom. The van der Waals surface area contributed by atoms with Crippen LogP contribution < -0.4 is 15.0 Å². The van der Waals surface area contributed by atoms with Crippen molar-refractivity contribution in [2.24, 2.45) is 5.92 Å². The summed E-state index contributed by atoms with van der Waals surface area (Å²) in [5, 5.41) is 3.56. The van der Waals surface area contributed by atoms with Gasteiger partial charge in [0, 0.05) is 52.9 Å². The molecule has 6 rings (SSSR count). The standard InChI is InChI=1S/C34H34N2O3/c1-6-36(20-21(2)3)25-13-14-28-32(19-25)38-31-16-12-24(35-30-15-11-22(4)17-23(30)5)18-29(31)34(28)27-10-8-7-9-26(27)33(37)39-34/h7-19,21,35H,6,20H2,1-5H3. The Hall–Kier alpha value is -4.25. The van der Waals surface area contributed by atoms with E-state index in [1.807, 2.05) is 36.4 Å². The Balaban J connectivity index is 1.51. The minimum atomic E-state index is -1.09. The summed E-state index contributed by atoms with van der Waals surface area (Å²) < 4.78 is 12.9. The Kier molecular flexibility index (Phi) is 6.10. The van der Waals surface area contributed by atoms with Crippen molar-refractivity contribution in [2.45, 2.75) is 40.2 Å². The molecule has 39 heavy (non-hydrogen) atoms. The van der Waals surface area contributed by atoms with Gasteiger partial charge in [-0.05, 0) is 74.7 Å². The molecular formula is C34H34N2O3. The molecule has 0 saturated carbocycles. The molecule has 4 aromatic rings. The van der Waals surface area contributed by atoms with Gasteiger partial charge >= 0.3 is 5.97 Å². The maximum absolute atomic E-state index is 13.3. The Morgan fingerprint density at radius 2 is 1.69 bits per heavy atom. The van der Waals surface area contributed by atoms with Crippen molar-refractivity contribution in [3.8, 4) is 11.5 Å². The smallest absolute Gasteiger partial charge is 0.340 e. The van der Waals surface area contributed by atoms with Gasteiger partial charge < -0.3 is 19.7 Å². The molecular weight excluding hydrogens is 484 g/mol. The van der Waals surface area contributed by atoms with Gasteiger partial charge in [0.15, 0.2) is 5.60 Å². The number of carbonyl (C=O) groups is 1. The van der Waals surface area contributed by atoms with Crippen LogP contribution in [0.4, 0.5) is 17.1 Å². The number of hydrogen-bond donors (Lipinski definition) is 1. The van der Waals surface area contributed by atoms with Gasteiger partial charge in [0.1, 0.15) is 11.5 Å². The number of hydrogen-bond acceptors (Lipinski definition) is 5. The van der Waals surface area contributed by atoms with Crippen molar-refractivity contribution >= 4 is 23.0 Å². The van der Waals surface area contributed by atoms with E-state index in [1.165, 1.54) is 5.56 Å². The maximum atomic E-state index is 13.3. The monoisotopic (exact) mass is 518 g/mol. The number of esters is 1. The minimum Gasteiger partial charge on any atom is -0.456 e. The summed E-state index contributed by atoms with van der Waals surface area (Å²) in [6.07, 6.45) is 0.